The zero-order valence-electron chi connectivity index (χ0n) is 12.4. The van der Waals surface area contributed by atoms with Gasteiger partial charge in [-0.25, -0.2) is 0 Å². The van der Waals surface area contributed by atoms with E-state index in [0.29, 0.717) is 42.6 Å². The fraction of sp³-hybridized carbons (Fsp3) is 0.438. The number of hydrogen-bond acceptors (Lipinski definition) is 6. The Kier molecular flexibility index (Phi) is 2.92. The van der Waals surface area contributed by atoms with Crippen LogP contribution < -0.4 is 9.64 Å². The van der Waals surface area contributed by atoms with Gasteiger partial charge in [0.2, 0.25) is 5.89 Å². The van der Waals surface area contributed by atoms with Crippen LogP contribution in [-0.2, 0) is 6.42 Å². The molecule has 0 bridgehead atoms. The molecule has 2 aliphatic heterocycles. The minimum Gasteiger partial charge on any atom is -0.484 e. The summed E-state index contributed by atoms with van der Waals surface area (Å²) >= 11 is 0. The van der Waals surface area contributed by atoms with Crippen LogP contribution in [-0.4, -0.2) is 34.7 Å². The van der Waals surface area contributed by atoms with E-state index in [4.69, 9.17) is 9.15 Å². The average molecular weight is 299 g/mol. The smallest absolute Gasteiger partial charge is 0.318 e. The summed E-state index contributed by atoms with van der Waals surface area (Å²) in [6, 6.07) is 7.96. The third-order valence-electron chi connectivity index (χ3n) is 4.34. The third-order valence-corrected chi connectivity index (χ3v) is 4.34. The molecule has 1 atom stereocenters. The van der Waals surface area contributed by atoms with Crippen LogP contribution in [0.25, 0.3) is 0 Å². The molecule has 114 valence electrons. The fourth-order valence-electron chi connectivity index (χ4n) is 3.19. The molecule has 0 aliphatic carbocycles. The normalized spacial score (nSPS) is 23.7. The highest BCUT2D eigenvalue weighted by Crippen LogP contribution is 2.39. The Morgan fingerprint density at radius 1 is 1.32 bits per heavy atom. The second-order valence-electron chi connectivity index (χ2n) is 5.88. The van der Waals surface area contributed by atoms with Crippen molar-refractivity contribution in [2.75, 3.05) is 18.0 Å². The van der Waals surface area contributed by atoms with Gasteiger partial charge in [-0.2, -0.15) is 0 Å². The number of nitrogens with zero attached hydrogens (tertiary/aromatic N) is 3. The molecule has 6 heteroatoms. The number of aryl methyl sites for hydroxylation is 1. The number of hydrogen-bond donors (Lipinski definition) is 0. The van der Waals surface area contributed by atoms with Crippen LogP contribution >= 0.6 is 0 Å². The Morgan fingerprint density at radius 3 is 3.00 bits per heavy atom. The van der Waals surface area contributed by atoms with Gasteiger partial charge in [0.05, 0.1) is 18.5 Å². The van der Waals surface area contributed by atoms with E-state index in [-0.39, 0.29) is 5.78 Å². The molecular formula is C16H17N3O3. The molecule has 0 amide bonds. The van der Waals surface area contributed by atoms with Gasteiger partial charge in [-0.1, -0.05) is 24.2 Å². The minimum atomic E-state index is -0.480. The SMILES string of the molecule is CCc1nnc(N2CC[C@]3(CC(=O)c4ccccc4O3)C2)o1. The number of anilines is 1. The number of carbonyl (C=O) groups is 1. The number of fused-ring (bicyclic) bond motifs is 1. The monoisotopic (exact) mass is 299 g/mol. The Morgan fingerprint density at radius 2 is 2.18 bits per heavy atom. The molecule has 1 fully saturated rings. The van der Waals surface area contributed by atoms with Crippen LogP contribution in [0.15, 0.2) is 28.7 Å². The van der Waals surface area contributed by atoms with Crippen molar-refractivity contribution in [2.45, 2.75) is 31.8 Å². The van der Waals surface area contributed by atoms with Crippen molar-refractivity contribution in [3.05, 3.63) is 35.7 Å². The van der Waals surface area contributed by atoms with Crippen LogP contribution in [0.3, 0.4) is 0 Å². The highest BCUT2D eigenvalue weighted by atomic mass is 16.5. The number of rotatable bonds is 2. The lowest BCUT2D eigenvalue weighted by atomic mass is 9.89. The first kappa shape index (κ1) is 13.3. The number of Topliss-reactive ketones (excluding diaryl/α,β-unsaturated/α-hetero) is 1. The number of ether oxygens (including phenoxy) is 1. The Balaban J connectivity index is 1.58. The third kappa shape index (κ3) is 2.06. The largest absolute Gasteiger partial charge is 0.484 e. The highest BCUT2D eigenvalue weighted by molar-refractivity contribution is 6.00. The van der Waals surface area contributed by atoms with E-state index < -0.39 is 5.60 Å². The maximum atomic E-state index is 12.4. The molecule has 0 unspecified atom stereocenters. The molecule has 22 heavy (non-hydrogen) atoms. The lowest BCUT2D eigenvalue weighted by Crippen LogP contribution is -2.44. The first-order valence-electron chi connectivity index (χ1n) is 7.58. The van der Waals surface area contributed by atoms with E-state index in [1.54, 1.807) is 0 Å². The lowest BCUT2D eigenvalue weighted by Gasteiger charge is -2.34. The minimum absolute atomic E-state index is 0.142. The number of carbonyl (C=O) groups excluding carboxylic acids is 1. The Bertz CT molecular complexity index is 727. The zero-order chi connectivity index (χ0) is 15.2. The molecule has 1 aromatic carbocycles. The maximum absolute atomic E-state index is 12.4. The van der Waals surface area contributed by atoms with E-state index in [9.17, 15) is 4.79 Å². The highest BCUT2D eigenvalue weighted by Gasteiger charge is 2.46. The Labute approximate surface area is 128 Å². The summed E-state index contributed by atoms with van der Waals surface area (Å²) in [7, 11) is 0. The predicted molar refractivity (Wildman–Crippen MR) is 79.3 cm³/mol. The van der Waals surface area contributed by atoms with Gasteiger partial charge in [0.15, 0.2) is 5.78 Å². The summed E-state index contributed by atoms with van der Waals surface area (Å²) in [4.78, 5) is 14.4. The van der Waals surface area contributed by atoms with E-state index in [1.165, 1.54) is 0 Å². The van der Waals surface area contributed by atoms with Gasteiger partial charge < -0.3 is 14.1 Å². The second kappa shape index (κ2) is 4.83. The van der Waals surface area contributed by atoms with E-state index in [1.807, 2.05) is 36.1 Å². The van der Waals surface area contributed by atoms with Crippen molar-refractivity contribution in [2.24, 2.45) is 0 Å². The van der Waals surface area contributed by atoms with E-state index >= 15 is 0 Å². The number of para-hydroxylation sites is 1. The molecule has 1 spiro atoms. The van der Waals surface area contributed by atoms with Crippen molar-refractivity contribution in [1.82, 2.24) is 10.2 Å². The molecule has 1 aromatic heterocycles. The van der Waals surface area contributed by atoms with Crippen molar-refractivity contribution in [3.8, 4) is 5.75 Å². The van der Waals surface area contributed by atoms with Crippen LogP contribution in [0.2, 0.25) is 0 Å². The summed E-state index contributed by atoms with van der Waals surface area (Å²) in [6.07, 6.45) is 1.89. The van der Waals surface area contributed by atoms with Crippen LogP contribution in [0.1, 0.15) is 36.0 Å². The summed E-state index contributed by atoms with van der Waals surface area (Å²) in [6.45, 7) is 3.32. The summed E-state index contributed by atoms with van der Waals surface area (Å²) in [5.41, 5.74) is 0.198. The van der Waals surface area contributed by atoms with E-state index in [0.717, 1.165) is 13.0 Å². The molecular weight excluding hydrogens is 282 g/mol. The predicted octanol–water partition coefficient (Wildman–Crippen LogP) is 2.25. The topological polar surface area (TPSA) is 68.5 Å². The molecule has 4 rings (SSSR count). The zero-order valence-corrected chi connectivity index (χ0v) is 12.4. The van der Waals surface area contributed by atoms with Crippen molar-refractivity contribution < 1.29 is 13.9 Å². The molecule has 2 aliphatic rings. The van der Waals surface area contributed by atoms with Crippen LogP contribution in [0.4, 0.5) is 6.01 Å². The van der Waals surface area contributed by atoms with Gasteiger partial charge in [-0.05, 0) is 12.1 Å². The van der Waals surface area contributed by atoms with Gasteiger partial charge in [0.1, 0.15) is 11.4 Å². The van der Waals surface area contributed by atoms with Crippen molar-refractivity contribution in [1.29, 1.82) is 0 Å². The molecule has 0 N–H and O–H groups in total. The molecule has 3 heterocycles. The van der Waals surface area contributed by atoms with E-state index in [2.05, 4.69) is 10.2 Å². The van der Waals surface area contributed by atoms with Crippen molar-refractivity contribution in [3.63, 3.8) is 0 Å². The van der Waals surface area contributed by atoms with Crippen LogP contribution in [0.5, 0.6) is 5.75 Å². The summed E-state index contributed by atoms with van der Waals surface area (Å²) in [5.74, 6) is 1.45. The first-order valence-corrected chi connectivity index (χ1v) is 7.58. The molecule has 0 radical (unpaired) electrons. The second-order valence-corrected chi connectivity index (χ2v) is 5.88. The fourth-order valence-corrected chi connectivity index (χ4v) is 3.19. The quantitative estimate of drug-likeness (QED) is 0.847. The molecule has 2 aromatic rings. The van der Waals surface area contributed by atoms with Gasteiger partial charge in [-0.15, -0.1) is 5.10 Å². The van der Waals surface area contributed by atoms with Gasteiger partial charge in [0.25, 0.3) is 0 Å². The van der Waals surface area contributed by atoms with Gasteiger partial charge in [0, 0.05) is 19.4 Å². The average Bonchev–Trinajstić information content (AvgIpc) is 3.14. The molecule has 1 saturated heterocycles. The first-order chi connectivity index (χ1) is 10.7. The number of aromatic nitrogens is 2. The van der Waals surface area contributed by atoms with Crippen molar-refractivity contribution >= 4 is 11.8 Å². The lowest BCUT2D eigenvalue weighted by molar-refractivity contribution is 0.0537. The van der Waals surface area contributed by atoms with Gasteiger partial charge in [-0.3, -0.25) is 4.79 Å². The number of benzene rings is 1. The number of ketones is 1. The van der Waals surface area contributed by atoms with Gasteiger partial charge >= 0.3 is 6.01 Å². The summed E-state index contributed by atoms with van der Waals surface area (Å²) in [5, 5.41) is 8.08. The molecule has 6 nitrogen and oxygen atoms in total. The summed E-state index contributed by atoms with van der Waals surface area (Å²) < 4.78 is 11.8. The maximum Gasteiger partial charge on any atom is 0.318 e. The standard InChI is InChI=1S/C16H17N3O3/c1-2-14-17-18-15(21-14)19-8-7-16(10-19)9-12(20)11-5-3-4-6-13(11)22-16/h3-6H,2,7-10H2,1H3/t16-/m0/s1. The molecule has 0 saturated carbocycles. The Hall–Kier alpha value is -2.37. The van der Waals surface area contributed by atoms with Crippen LogP contribution in [0, 0.1) is 0 Å².